The Balaban J connectivity index is 1.95. The van der Waals surface area contributed by atoms with Crippen LogP contribution in [-0.4, -0.2) is 18.7 Å². The molecule has 0 aliphatic heterocycles. The number of aromatic nitrogens is 1. The molecule has 0 aliphatic carbocycles. The Kier molecular flexibility index (Phi) is 5.73. The van der Waals surface area contributed by atoms with Crippen molar-refractivity contribution >= 4 is 11.3 Å². The van der Waals surface area contributed by atoms with E-state index in [2.05, 4.69) is 37.0 Å². The monoisotopic (exact) mass is 306 g/mol. The largest absolute Gasteiger partial charge is 0.493 e. The summed E-state index contributed by atoms with van der Waals surface area (Å²) in [6, 6.07) is 6.24. The SMILES string of the molecule is COCc1nc(CCOc2cc(C)ccc2C)sc1CN. The van der Waals surface area contributed by atoms with Crippen LogP contribution in [0.5, 0.6) is 5.75 Å². The molecule has 2 rings (SSSR count). The summed E-state index contributed by atoms with van der Waals surface area (Å²) in [5.41, 5.74) is 9.05. The molecule has 4 nitrogen and oxygen atoms in total. The summed E-state index contributed by atoms with van der Waals surface area (Å²) in [4.78, 5) is 5.67. The number of rotatable bonds is 7. The zero-order chi connectivity index (χ0) is 15.2. The first kappa shape index (κ1) is 15.9. The van der Waals surface area contributed by atoms with Crippen LogP contribution in [-0.2, 0) is 24.3 Å². The highest BCUT2D eigenvalue weighted by Crippen LogP contribution is 2.22. The van der Waals surface area contributed by atoms with Gasteiger partial charge in [0.1, 0.15) is 5.75 Å². The van der Waals surface area contributed by atoms with Gasteiger partial charge in [-0.25, -0.2) is 4.98 Å². The molecule has 0 aliphatic rings. The number of nitrogens with zero attached hydrogens (tertiary/aromatic N) is 1. The predicted molar refractivity (Wildman–Crippen MR) is 85.8 cm³/mol. The molecule has 1 aromatic carbocycles. The van der Waals surface area contributed by atoms with E-state index in [1.807, 2.05) is 0 Å². The molecule has 0 unspecified atom stereocenters. The molecule has 5 heteroatoms. The smallest absolute Gasteiger partial charge is 0.122 e. The van der Waals surface area contributed by atoms with Gasteiger partial charge in [-0.05, 0) is 31.0 Å². The number of benzene rings is 1. The van der Waals surface area contributed by atoms with Crippen LogP contribution in [0.25, 0.3) is 0 Å². The third kappa shape index (κ3) is 4.27. The predicted octanol–water partition coefficient (Wildman–Crippen LogP) is 2.99. The summed E-state index contributed by atoms with van der Waals surface area (Å²) in [6.45, 7) is 5.77. The highest BCUT2D eigenvalue weighted by Gasteiger charge is 2.10. The van der Waals surface area contributed by atoms with Crippen LogP contribution >= 0.6 is 11.3 Å². The molecule has 0 atom stereocenters. The highest BCUT2D eigenvalue weighted by atomic mass is 32.1. The average molecular weight is 306 g/mol. The number of thiazole rings is 1. The minimum absolute atomic E-state index is 0.508. The van der Waals surface area contributed by atoms with E-state index in [-0.39, 0.29) is 0 Å². The fourth-order valence-electron chi connectivity index (χ4n) is 2.06. The van der Waals surface area contributed by atoms with Gasteiger partial charge in [0, 0.05) is 25.0 Å². The fraction of sp³-hybridized carbons (Fsp3) is 0.438. The number of hydrogen-bond acceptors (Lipinski definition) is 5. The lowest BCUT2D eigenvalue weighted by molar-refractivity contribution is 0.181. The van der Waals surface area contributed by atoms with E-state index in [9.17, 15) is 0 Å². The minimum atomic E-state index is 0.508. The Morgan fingerprint density at radius 1 is 1.29 bits per heavy atom. The molecule has 1 aromatic heterocycles. The summed E-state index contributed by atoms with van der Waals surface area (Å²) >= 11 is 1.65. The molecular formula is C16H22N2O2S. The normalized spacial score (nSPS) is 10.9. The van der Waals surface area contributed by atoms with Crippen molar-refractivity contribution in [3.63, 3.8) is 0 Å². The molecule has 114 valence electrons. The van der Waals surface area contributed by atoms with E-state index in [0.717, 1.165) is 33.3 Å². The van der Waals surface area contributed by atoms with Gasteiger partial charge < -0.3 is 15.2 Å². The molecule has 0 amide bonds. The summed E-state index contributed by atoms with van der Waals surface area (Å²) in [5.74, 6) is 0.947. The van der Waals surface area contributed by atoms with Crippen molar-refractivity contribution in [1.82, 2.24) is 4.98 Å². The van der Waals surface area contributed by atoms with Crippen molar-refractivity contribution in [3.05, 3.63) is 44.9 Å². The Morgan fingerprint density at radius 3 is 2.81 bits per heavy atom. The van der Waals surface area contributed by atoms with Crippen LogP contribution in [0.3, 0.4) is 0 Å². The maximum absolute atomic E-state index is 5.87. The number of aryl methyl sites for hydroxylation is 2. The van der Waals surface area contributed by atoms with E-state index in [4.69, 9.17) is 15.2 Å². The number of methoxy groups -OCH3 is 1. The number of nitrogens with two attached hydrogens (primary N) is 1. The van der Waals surface area contributed by atoms with Gasteiger partial charge in [-0.1, -0.05) is 12.1 Å². The second kappa shape index (κ2) is 7.54. The van der Waals surface area contributed by atoms with Gasteiger partial charge in [-0.3, -0.25) is 0 Å². The Hall–Kier alpha value is -1.43. The van der Waals surface area contributed by atoms with Gasteiger partial charge in [0.2, 0.25) is 0 Å². The van der Waals surface area contributed by atoms with Crippen LogP contribution in [0.1, 0.15) is 26.7 Å². The number of ether oxygens (including phenoxy) is 2. The first-order valence-corrected chi connectivity index (χ1v) is 7.82. The lowest BCUT2D eigenvalue weighted by atomic mass is 10.1. The summed E-state index contributed by atoms with van der Waals surface area (Å²) < 4.78 is 11.0. The Bertz CT molecular complexity index is 596. The summed E-state index contributed by atoms with van der Waals surface area (Å²) in [7, 11) is 1.67. The maximum Gasteiger partial charge on any atom is 0.122 e. The molecule has 2 N–H and O–H groups in total. The van der Waals surface area contributed by atoms with Gasteiger partial charge >= 0.3 is 0 Å². The third-order valence-corrected chi connectivity index (χ3v) is 4.39. The quantitative estimate of drug-likeness (QED) is 0.854. The van der Waals surface area contributed by atoms with Crippen LogP contribution in [0.4, 0.5) is 0 Å². The maximum atomic E-state index is 5.87. The molecule has 0 radical (unpaired) electrons. The number of hydrogen-bond donors (Lipinski definition) is 1. The van der Waals surface area contributed by atoms with Gasteiger partial charge in [0.05, 0.1) is 23.9 Å². The molecule has 0 bridgehead atoms. The van der Waals surface area contributed by atoms with Crippen molar-refractivity contribution in [2.75, 3.05) is 13.7 Å². The molecule has 2 aromatic rings. The van der Waals surface area contributed by atoms with E-state index in [1.165, 1.54) is 5.56 Å². The third-order valence-electron chi connectivity index (χ3n) is 3.21. The van der Waals surface area contributed by atoms with Crippen LogP contribution in [0, 0.1) is 13.8 Å². The van der Waals surface area contributed by atoms with Crippen molar-refractivity contribution in [3.8, 4) is 5.75 Å². The van der Waals surface area contributed by atoms with E-state index in [1.54, 1.807) is 18.4 Å². The van der Waals surface area contributed by atoms with Crippen molar-refractivity contribution < 1.29 is 9.47 Å². The van der Waals surface area contributed by atoms with Crippen molar-refractivity contribution in [2.24, 2.45) is 5.73 Å². The highest BCUT2D eigenvalue weighted by molar-refractivity contribution is 7.11. The lowest BCUT2D eigenvalue weighted by Crippen LogP contribution is -2.03. The minimum Gasteiger partial charge on any atom is -0.493 e. The van der Waals surface area contributed by atoms with E-state index >= 15 is 0 Å². The van der Waals surface area contributed by atoms with Gasteiger partial charge in [0.25, 0.3) is 0 Å². The molecular weight excluding hydrogens is 284 g/mol. The Labute approximate surface area is 129 Å². The van der Waals surface area contributed by atoms with Crippen LogP contribution in [0.2, 0.25) is 0 Å². The first-order chi connectivity index (χ1) is 10.1. The average Bonchev–Trinajstić information content (AvgIpc) is 2.85. The molecule has 1 heterocycles. The van der Waals surface area contributed by atoms with Crippen molar-refractivity contribution in [1.29, 1.82) is 0 Å². The Morgan fingerprint density at radius 2 is 2.10 bits per heavy atom. The topological polar surface area (TPSA) is 57.4 Å². The van der Waals surface area contributed by atoms with E-state index in [0.29, 0.717) is 19.8 Å². The summed E-state index contributed by atoms with van der Waals surface area (Å²) in [6.07, 6.45) is 0.786. The zero-order valence-corrected chi connectivity index (χ0v) is 13.6. The molecule has 0 fully saturated rings. The van der Waals surface area contributed by atoms with Gasteiger partial charge in [0.15, 0.2) is 0 Å². The second-order valence-corrected chi connectivity index (χ2v) is 6.15. The zero-order valence-electron chi connectivity index (χ0n) is 12.8. The van der Waals surface area contributed by atoms with Gasteiger partial charge in [-0.15, -0.1) is 11.3 Å². The summed E-state index contributed by atoms with van der Waals surface area (Å²) in [5, 5.41) is 1.05. The molecule has 21 heavy (non-hydrogen) atoms. The van der Waals surface area contributed by atoms with Gasteiger partial charge in [-0.2, -0.15) is 0 Å². The standard InChI is InChI=1S/C16H22N2O2S/c1-11-4-5-12(2)14(8-11)20-7-6-16-18-13(10-19-3)15(9-17)21-16/h4-5,8H,6-7,9-10,17H2,1-3H3. The van der Waals surface area contributed by atoms with E-state index < -0.39 is 0 Å². The van der Waals surface area contributed by atoms with Crippen molar-refractivity contribution in [2.45, 2.75) is 33.4 Å². The fourth-order valence-corrected chi connectivity index (χ4v) is 3.00. The molecule has 0 saturated carbocycles. The van der Waals surface area contributed by atoms with Crippen LogP contribution < -0.4 is 10.5 Å². The second-order valence-electron chi connectivity index (χ2n) is 4.98. The molecule has 0 spiro atoms. The lowest BCUT2D eigenvalue weighted by Gasteiger charge is -2.09. The molecule has 0 saturated heterocycles. The first-order valence-electron chi connectivity index (χ1n) is 7.00. The van der Waals surface area contributed by atoms with Crippen LogP contribution in [0.15, 0.2) is 18.2 Å².